The highest BCUT2D eigenvalue weighted by Crippen LogP contribution is 2.01. The summed E-state index contributed by atoms with van der Waals surface area (Å²) >= 11 is 0. The van der Waals surface area contributed by atoms with E-state index in [2.05, 4.69) is 0 Å². The number of aromatic nitrogens is 1. The van der Waals surface area contributed by atoms with E-state index in [4.69, 9.17) is 0 Å². The van der Waals surface area contributed by atoms with Crippen molar-refractivity contribution in [1.82, 2.24) is 9.47 Å². The number of aryl methyl sites for hydroxylation is 1. The SMILES string of the molecule is CN(C)/C=C/C(=O)c1ccn(C)c1. The zero-order valence-electron chi connectivity index (χ0n) is 8.19. The number of hydrogen-bond donors (Lipinski definition) is 0. The van der Waals surface area contributed by atoms with Gasteiger partial charge in [0.15, 0.2) is 5.78 Å². The summed E-state index contributed by atoms with van der Waals surface area (Å²) in [6, 6.07) is 1.81. The Labute approximate surface area is 78.3 Å². The van der Waals surface area contributed by atoms with Crippen LogP contribution in [-0.4, -0.2) is 29.3 Å². The predicted molar refractivity (Wildman–Crippen MR) is 52.6 cm³/mol. The maximum Gasteiger partial charge on any atom is 0.188 e. The average molecular weight is 178 g/mol. The van der Waals surface area contributed by atoms with E-state index in [0.29, 0.717) is 0 Å². The van der Waals surface area contributed by atoms with Gasteiger partial charge >= 0.3 is 0 Å². The molecule has 0 radical (unpaired) electrons. The van der Waals surface area contributed by atoms with Crippen LogP contribution in [0.2, 0.25) is 0 Å². The molecule has 0 saturated carbocycles. The normalized spacial score (nSPS) is 10.7. The molecule has 1 rings (SSSR count). The van der Waals surface area contributed by atoms with Crippen LogP contribution < -0.4 is 0 Å². The lowest BCUT2D eigenvalue weighted by Crippen LogP contribution is -2.02. The topological polar surface area (TPSA) is 25.2 Å². The molecule has 0 aliphatic heterocycles. The van der Waals surface area contributed by atoms with Crippen LogP contribution in [0.1, 0.15) is 10.4 Å². The summed E-state index contributed by atoms with van der Waals surface area (Å²) in [6.07, 6.45) is 6.98. The molecule has 0 unspecified atom stereocenters. The molecule has 0 aliphatic carbocycles. The van der Waals surface area contributed by atoms with Gasteiger partial charge in [0, 0.05) is 51.4 Å². The third-order valence-electron chi connectivity index (χ3n) is 1.64. The van der Waals surface area contributed by atoms with Crippen molar-refractivity contribution in [2.45, 2.75) is 0 Å². The van der Waals surface area contributed by atoms with E-state index in [-0.39, 0.29) is 5.78 Å². The molecule has 1 aromatic heterocycles. The van der Waals surface area contributed by atoms with Crippen molar-refractivity contribution >= 4 is 5.78 Å². The Balaban J connectivity index is 2.69. The number of carbonyl (C=O) groups excluding carboxylic acids is 1. The number of allylic oxidation sites excluding steroid dienone is 1. The van der Waals surface area contributed by atoms with E-state index < -0.39 is 0 Å². The summed E-state index contributed by atoms with van der Waals surface area (Å²) < 4.78 is 1.86. The van der Waals surface area contributed by atoms with Crippen LogP contribution in [0.25, 0.3) is 0 Å². The molecular weight excluding hydrogens is 164 g/mol. The van der Waals surface area contributed by atoms with Gasteiger partial charge in [-0.05, 0) is 6.07 Å². The fraction of sp³-hybridized carbons (Fsp3) is 0.300. The van der Waals surface area contributed by atoms with Crippen LogP contribution in [0.3, 0.4) is 0 Å². The molecule has 1 aromatic rings. The van der Waals surface area contributed by atoms with Crippen LogP contribution in [-0.2, 0) is 7.05 Å². The summed E-state index contributed by atoms with van der Waals surface area (Å²) in [6.45, 7) is 0. The lowest BCUT2D eigenvalue weighted by atomic mass is 10.2. The predicted octanol–water partition coefficient (Wildman–Crippen LogP) is 1.28. The monoisotopic (exact) mass is 178 g/mol. The molecule has 0 atom stereocenters. The minimum Gasteiger partial charge on any atom is -0.383 e. The van der Waals surface area contributed by atoms with Crippen LogP contribution >= 0.6 is 0 Å². The fourth-order valence-electron chi connectivity index (χ4n) is 0.962. The molecular formula is C10H14N2O. The summed E-state index contributed by atoms with van der Waals surface area (Å²) in [5.41, 5.74) is 0.723. The maximum absolute atomic E-state index is 11.4. The Morgan fingerprint density at radius 3 is 2.69 bits per heavy atom. The molecule has 0 saturated heterocycles. The lowest BCUT2D eigenvalue weighted by molar-refractivity contribution is 0.104. The quantitative estimate of drug-likeness (QED) is 0.514. The zero-order chi connectivity index (χ0) is 9.84. The molecule has 0 amide bonds. The van der Waals surface area contributed by atoms with E-state index in [1.807, 2.05) is 49.1 Å². The van der Waals surface area contributed by atoms with Gasteiger partial charge in [-0.3, -0.25) is 4.79 Å². The van der Waals surface area contributed by atoms with Crippen LogP contribution in [0.5, 0.6) is 0 Å². The summed E-state index contributed by atoms with van der Waals surface area (Å²) in [4.78, 5) is 13.3. The van der Waals surface area contributed by atoms with Gasteiger partial charge in [-0.1, -0.05) is 0 Å². The molecule has 70 valence electrons. The molecule has 0 fully saturated rings. The van der Waals surface area contributed by atoms with Crippen LogP contribution in [0, 0.1) is 0 Å². The zero-order valence-corrected chi connectivity index (χ0v) is 8.19. The third kappa shape index (κ3) is 2.78. The second-order valence-corrected chi connectivity index (χ2v) is 3.21. The second kappa shape index (κ2) is 3.94. The van der Waals surface area contributed by atoms with Gasteiger partial charge < -0.3 is 9.47 Å². The van der Waals surface area contributed by atoms with Gasteiger partial charge in [0.1, 0.15) is 0 Å². The van der Waals surface area contributed by atoms with Crippen molar-refractivity contribution in [1.29, 1.82) is 0 Å². The lowest BCUT2D eigenvalue weighted by Gasteiger charge is -2.01. The van der Waals surface area contributed by atoms with Crippen molar-refractivity contribution in [2.24, 2.45) is 7.05 Å². The standard InChI is InChI=1S/C10H14N2O/c1-11(2)6-5-10(13)9-4-7-12(3)8-9/h4-8H,1-3H3/b6-5+. The Bertz CT molecular complexity index is 323. The molecule has 0 aromatic carbocycles. The third-order valence-corrected chi connectivity index (χ3v) is 1.64. The summed E-state index contributed by atoms with van der Waals surface area (Å²) in [5, 5.41) is 0. The number of hydrogen-bond acceptors (Lipinski definition) is 2. The molecule has 3 heteroatoms. The maximum atomic E-state index is 11.4. The van der Waals surface area contributed by atoms with Gasteiger partial charge in [-0.25, -0.2) is 0 Å². The average Bonchev–Trinajstić information content (AvgIpc) is 2.47. The van der Waals surface area contributed by atoms with Gasteiger partial charge in [0.25, 0.3) is 0 Å². The van der Waals surface area contributed by atoms with Crippen molar-refractivity contribution < 1.29 is 4.79 Å². The van der Waals surface area contributed by atoms with Gasteiger partial charge in [0.2, 0.25) is 0 Å². The van der Waals surface area contributed by atoms with Crippen molar-refractivity contribution in [3.63, 3.8) is 0 Å². The second-order valence-electron chi connectivity index (χ2n) is 3.21. The minimum atomic E-state index is 0.0364. The van der Waals surface area contributed by atoms with E-state index in [0.717, 1.165) is 5.56 Å². The number of carbonyl (C=O) groups is 1. The Morgan fingerprint density at radius 2 is 2.23 bits per heavy atom. The molecule has 0 N–H and O–H groups in total. The van der Waals surface area contributed by atoms with Gasteiger partial charge in [-0.2, -0.15) is 0 Å². The first-order chi connectivity index (χ1) is 6.09. The highest BCUT2D eigenvalue weighted by molar-refractivity contribution is 6.04. The van der Waals surface area contributed by atoms with Gasteiger partial charge in [0.05, 0.1) is 0 Å². The Morgan fingerprint density at radius 1 is 1.54 bits per heavy atom. The van der Waals surface area contributed by atoms with E-state index >= 15 is 0 Å². The Hall–Kier alpha value is -1.51. The van der Waals surface area contributed by atoms with Crippen LogP contribution in [0.15, 0.2) is 30.7 Å². The first-order valence-electron chi connectivity index (χ1n) is 4.10. The van der Waals surface area contributed by atoms with E-state index in [1.165, 1.54) is 0 Å². The van der Waals surface area contributed by atoms with Crippen molar-refractivity contribution in [3.8, 4) is 0 Å². The first kappa shape index (κ1) is 9.58. The Kier molecular flexibility index (Phi) is 2.90. The van der Waals surface area contributed by atoms with Crippen molar-refractivity contribution in [3.05, 3.63) is 36.3 Å². The number of nitrogens with zero attached hydrogens (tertiary/aromatic N) is 2. The van der Waals surface area contributed by atoms with E-state index in [9.17, 15) is 4.79 Å². The minimum absolute atomic E-state index is 0.0364. The van der Waals surface area contributed by atoms with Crippen LogP contribution in [0.4, 0.5) is 0 Å². The van der Waals surface area contributed by atoms with Gasteiger partial charge in [-0.15, -0.1) is 0 Å². The van der Waals surface area contributed by atoms with E-state index in [1.54, 1.807) is 12.3 Å². The number of ketones is 1. The smallest absolute Gasteiger partial charge is 0.188 e. The fourth-order valence-corrected chi connectivity index (χ4v) is 0.962. The molecule has 0 aliphatic rings. The first-order valence-corrected chi connectivity index (χ1v) is 4.10. The highest BCUT2D eigenvalue weighted by Gasteiger charge is 2.01. The molecule has 13 heavy (non-hydrogen) atoms. The molecule has 3 nitrogen and oxygen atoms in total. The molecule has 1 heterocycles. The largest absolute Gasteiger partial charge is 0.383 e. The molecule has 0 bridgehead atoms. The van der Waals surface area contributed by atoms with Crippen molar-refractivity contribution in [2.75, 3.05) is 14.1 Å². The summed E-state index contributed by atoms with van der Waals surface area (Å²) in [7, 11) is 5.66. The summed E-state index contributed by atoms with van der Waals surface area (Å²) in [5.74, 6) is 0.0364. The molecule has 0 spiro atoms. The number of rotatable bonds is 3. The highest BCUT2D eigenvalue weighted by atomic mass is 16.1.